The molecule has 0 aromatic carbocycles. The standard InChI is InChI=1S/C11H22O10.H2O/c12-1-2-19-11(5(15)3-13)21-9-6(4-14)20-10(18)8(17)7(9)16;/h5-18H,1-4H2;1H2/t5-,6-,7-,8-,9-,10-,11-;/m1./s1. The van der Waals surface area contributed by atoms with Crippen LogP contribution >= 0.6 is 0 Å². The van der Waals surface area contributed by atoms with Crippen molar-refractivity contribution in [3.8, 4) is 0 Å². The predicted molar refractivity (Wildman–Crippen MR) is 68.4 cm³/mol. The Hall–Kier alpha value is -0.440. The van der Waals surface area contributed by atoms with Gasteiger partial charge in [0.05, 0.1) is 26.4 Å². The number of aliphatic hydroxyl groups excluding tert-OH is 7. The van der Waals surface area contributed by atoms with Crippen LogP contribution < -0.4 is 0 Å². The zero-order chi connectivity index (χ0) is 16.0. The first-order valence-corrected chi connectivity index (χ1v) is 6.43. The van der Waals surface area contributed by atoms with E-state index in [0.29, 0.717) is 0 Å². The number of ether oxygens (including phenoxy) is 3. The molecule has 11 heteroatoms. The Morgan fingerprint density at radius 3 is 2.18 bits per heavy atom. The molecule has 134 valence electrons. The largest absolute Gasteiger partial charge is 0.412 e. The molecule has 0 aliphatic carbocycles. The minimum atomic E-state index is -1.70. The average Bonchev–Trinajstić information content (AvgIpc) is 2.49. The maximum Gasteiger partial charge on any atom is 0.186 e. The van der Waals surface area contributed by atoms with E-state index in [4.69, 9.17) is 29.5 Å². The predicted octanol–water partition coefficient (Wildman–Crippen LogP) is -5.33. The highest BCUT2D eigenvalue weighted by molar-refractivity contribution is 4.90. The van der Waals surface area contributed by atoms with Gasteiger partial charge in [0.15, 0.2) is 12.6 Å². The molecule has 11 nitrogen and oxygen atoms in total. The van der Waals surface area contributed by atoms with Crippen LogP contribution in [-0.2, 0) is 14.2 Å². The molecule has 1 aliphatic heterocycles. The fourth-order valence-corrected chi connectivity index (χ4v) is 1.89. The van der Waals surface area contributed by atoms with Gasteiger partial charge in [-0.05, 0) is 0 Å². The Labute approximate surface area is 126 Å². The molecule has 0 radical (unpaired) electrons. The summed E-state index contributed by atoms with van der Waals surface area (Å²) in [5.41, 5.74) is 0. The lowest BCUT2D eigenvalue weighted by molar-refractivity contribution is -0.327. The molecule has 0 saturated carbocycles. The number of rotatable bonds is 8. The van der Waals surface area contributed by atoms with Gasteiger partial charge in [-0.15, -0.1) is 0 Å². The van der Waals surface area contributed by atoms with Gasteiger partial charge in [0.1, 0.15) is 30.5 Å². The molecule has 1 heterocycles. The van der Waals surface area contributed by atoms with Crippen molar-refractivity contribution in [2.75, 3.05) is 26.4 Å². The summed E-state index contributed by atoms with van der Waals surface area (Å²) in [6.07, 6.45) is -10.4. The van der Waals surface area contributed by atoms with Crippen molar-refractivity contribution in [2.45, 2.75) is 43.1 Å². The van der Waals surface area contributed by atoms with Gasteiger partial charge in [0, 0.05) is 0 Å². The second kappa shape index (κ2) is 10.4. The Morgan fingerprint density at radius 2 is 1.68 bits per heavy atom. The number of aliphatic hydroxyl groups is 7. The Bertz CT molecular complexity index is 289. The van der Waals surface area contributed by atoms with Crippen molar-refractivity contribution in [1.29, 1.82) is 0 Å². The van der Waals surface area contributed by atoms with Crippen molar-refractivity contribution in [1.82, 2.24) is 0 Å². The van der Waals surface area contributed by atoms with Crippen LogP contribution in [0.5, 0.6) is 0 Å². The van der Waals surface area contributed by atoms with Crippen LogP contribution in [0.4, 0.5) is 0 Å². The molecule has 0 unspecified atom stereocenters. The minimum absolute atomic E-state index is 0. The van der Waals surface area contributed by atoms with Crippen LogP contribution in [-0.4, -0.2) is 111 Å². The number of hydrogen-bond acceptors (Lipinski definition) is 10. The quantitative estimate of drug-likeness (QED) is 0.210. The third-order valence-electron chi connectivity index (χ3n) is 3.01. The third-order valence-corrected chi connectivity index (χ3v) is 3.01. The van der Waals surface area contributed by atoms with Gasteiger partial charge in [-0.25, -0.2) is 0 Å². The first-order valence-electron chi connectivity index (χ1n) is 6.43. The zero-order valence-corrected chi connectivity index (χ0v) is 11.7. The maximum atomic E-state index is 9.86. The normalized spacial score (nSPS) is 34.8. The Morgan fingerprint density at radius 1 is 1.05 bits per heavy atom. The van der Waals surface area contributed by atoms with Crippen molar-refractivity contribution < 1.29 is 55.4 Å². The van der Waals surface area contributed by atoms with Crippen molar-refractivity contribution >= 4 is 0 Å². The fourth-order valence-electron chi connectivity index (χ4n) is 1.89. The molecule has 1 rings (SSSR count). The van der Waals surface area contributed by atoms with Crippen LogP contribution in [0, 0.1) is 0 Å². The van der Waals surface area contributed by atoms with E-state index in [0.717, 1.165) is 0 Å². The Balaban J connectivity index is 0.00000441. The van der Waals surface area contributed by atoms with Crippen molar-refractivity contribution in [3.05, 3.63) is 0 Å². The van der Waals surface area contributed by atoms with Gasteiger partial charge in [0.2, 0.25) is 0 Å². The van der Waals surface area contributed by atoms with E-state index >= 15 is 0 Å². The topological polar surface area (TPSA) is 201 Å². The van der Waals surface area contributed by atoms with Gasteiger partial charge < -0.3 is 55.4 Å². The lowest BCUT2D eigenvalue weighted by Gasteiger charge is -2.41. The minimum Gasteiger partial charge on any atom is -0.412 e. The molecule has 0 bridgehead atoms. The highest BCUT2D eigenvalue weighted by atomic mass is 16.7. The molecular formula is C11H24O11. The molecule has 0 aromatic heterocycles. The highest BCUT2D eigenvalue weighted by Crippen LogP contribution is 2.24. The average molecular weight is 332 g/mol. The summed E-state index contributed by atoms with van der Waals surface area (Å²) < 4.78 is 15.1. The van der Waals surface area contributed by atoms with E-state index < -0.39 is 56.3 Å². The monoisotopic (exact) mass is 332 g/mol. The summed E-state index contributed by atoms with van der Waals surface area (Å²) in [6, 6.07) is 0. The third kappa shape index (κ3) is 5.33. The van der Waals surface area contributed by atoms with Crippen molar-refractivity contribution in [2.24, 2.45) is 0 Å². The van der Waals surface area contributed by atoms with E-state index in [-0.39, 0.29) is 18.7 Å². The van der Waals surface area contributed by atoms with Crippen LogP contribution in [0.3, 0.4) is 0 Å². The lowest BCUT2D eigenvalue weighted by Crippen LogP contribution is -2.61. The molecule has 1 saturated heterocycles. The van der Waals surface area contributed by atoms with Gasteiger partial charge >= 0.3 is 0 Å². The SMILES string of the molecule is O.OCCO[C@H](O[C@H]1[C@H](O)[C@@H](O)[C@H](O)O[C@@H]1CO)[C@H](O)CO. The number of hydrogen-bond donors (Lipinski definition) is 7. The van der Waals surface area contributed by atoms with Crippen LogP contribution in [0.15, 0.2) is 0 Å². The highest BCUT2D eigenvalue weighted by Gasteiger charge is 2.46. The summed E-state index contributed by atoms with van der Waals surface area (Å²) in [5, 5.41) is 65.1. The van der Waals surface area contributed by atoms with E-state index in [2.05, 4.69) is 0 Å². The first-order chi connectivity index (χ1) is 9.96. The zero-order valence-electron chi connectivity index (χ0n) is 11.7. The lowest BCUT2D eigenvalue weighted by atomic mass is 9.99. The van der Waals surface area contributed by atoms with Gasteiger partial charge in [-0.3, -0.25) is 0 Å². The van der Waals surface area contributed by atoms with E-state index in [9.17, 15) is 20.4 Å². The molecule has 22 heavy (non-hydrogen) atoms. The van der Waals surface area contributed by atoms with E-state index in [1.165, 1.54) is 0 Å². The molecule has 1 aliphatic rings. The summed E-state index contributed by atoms with van der Waals surface area (Å²) >= 11 is 0. The summed E-state index contributed by atoms with van der Waals surface area (Å²) in [5.74, 6) is 0. The molecule has 1 fully saturated rings. The van der Waals surface area contributed by atoms with Gasteiger partial charge in [0.25, 0.3) is 0 Å². The molecular weight excluding hydrogens is 308 g/mol. The summed E-state index contributed by atoms with van der Waals surface area (Å²) in [4.78, 5) is 0. The van der Waals surface area contributed by atoms with Crippen LogP contribution in [0.2, 0.25) is 0 Å². The first kappa shape index (κ1) is 21.6. The van der Waals surface area contributed by atoms with Crippen LogP contribution in [0.25, 0.3) is 0 Å². The second-order valence-corrected chi connectivity index (χ2v) is 4.54. The summed E-state index contributed by atoms with van der Waals surface area (Å²) in [6.45, 7) is -1.92. The second-order valence-electron chi connectivity index (χ2n) is 4.54. The van der Waals surface area contributed by atoms with Gasteiger partial charge in [-0.1, -0.05) is 0 Å². The maximum absolute atomic E-state index is 9.86. The fraction of sp³-hybridized carbons (Fsp3) is 1.00. The Kier molecular flexibility index (Phi) is 10.1. The molecule has 7 atom stereocenters. The molecule has 0 amide bonds. The molecule has 9 N–H and O–H groups in total. The van der Waals surface area contributed by atoms with Gasteiger partial charge in [-0.2, -0.15) is 0 Å². The molecule has 0 aromatic rings. The van der Waals surface area contributed by atoms with E-state index in [1.54, 1.807) is 0 Å². The van der Waals surface area contributed by atoms with Crippen molar-refractivity contribution in [3.63, 3.8) is 0 Å². The van der Waals surface area contributed by atoms with E-state index in [1.807, 2.05) is 0 Å². The summed E-state index contributed by atoms with van der Waals surface area (Å²) in [7, 11) is 0. The smallest absolute Gasteiger partial charge is 0.186 e. The van der Waals surface area contributed by atoms with Crippen LogP contribution in [0.1, 0.15) is 0 Å². The molecule has 0 spiro atoms.